The monoisotopic (exact) mass is 344 g/mol. The first-order valence-electron chi connectivity index (χ1n) is 6.02. The van der Waals surface area contributed by atoms with Crippen LogP contribution in [0.3, 0.4) is 0 Å². The van der Waals surface area contributed by atoms with Crippen molar-refractivity contribution in [2.75, 3.05) is 0 Å². The van der Waals surface area contributed by atoms with Crippen LogP contribution in [0.1, 0.15) is 16.8 Å². The van der Waals surface area contributed by atoms with Crippen LogP contribution in [-0.4, -0.2) is 35.8 Å². The van der Waals surface area contributed by atoms with E-state index >= 15 is 0 Å². The number of rotatable bonds is 4. The molecule has 0 fully saturated rings. The molecule has 0 saturated carbocycles. The van der Waals surface area contributed by atoms with Gasteiger partial charge in [0.1, 0.15) is 0 Å². The Morgan fingerprint density at radius 1 is 1.00 bits per heavy atom. The minimum absolute atomic E-state index is 0.0273. The van der Waals surface area contributed by atoms with E-state index in [1.54, 1.807) is 18.2 Å². The van der Waals surface area contributed by atoms with Crippen LogP contribution in [0.5, 0.6) is 0 Å². The normalized spacial score (nSPS) is 17.8. The van der Waals surface area contributed by atoms with Gasteiger partial charge in [-0.15, -0.1) is 0 Å². The van der Waals surface area contributed by atoms with E-state index < -0.39 is 30.1 Å². The van der Waals surface area contributed by atoms with Crippen LogP contribution in [-0.2, 0) is 20.2 Å². The summed E-state index contributed by atoms with van der Waals surface area (Å²) in [7, 11) is -10.5. The van der Waals surface area contributed by atoms with Gasteiger partial charge in [-0.3, -0.25) is 13.9 Å². The van der Waals surface area contributed by atoms with Crippen molar-refractivity contribution < 1.29 is 30.7 Å². The molecule has 9 heteroatoms. The molecule has 118 valence electrons. The highest BCUT2D eigenvalue weighted by atomic mass is 32.3. The van der Waals surface area contributed by atoms with Crippen LogP contribution >= 0.6 is 0 Å². The molecule has 7 nitrogen and oxygen atoms in total. The minimum Gasteiger partial charge on any atom is -0.289 e. The molecular formula is C13H12O7S2. The molecule has 0 radical (unpaired) electrons. The second-order valence-electron chi connectivity index (χ2n) is 4.64. The molecule has 22 heavy (non-hydrogen) atoms. The van der Waals surface area contributed by atoms with Gasteiger partial charge in [-0.2, -0.15) is 16.8 Å². The molecule has 0 aliphatic heterocycles. The zero-order valence-electron chi connectivity index (χ0n) is 11.1. The first-order chi connectivity index (χ1) is 10.1. The van der Waals surface area contributed by atoms with Gasteiger partial charge in [0, 0.05) is 11.1 Å². The molecule has 0 aromatic heterocycles. The Kier molecular flexibility index (Phi) is 4.09. The van der Waals surface area contributed by atoms with Gasteiger partial charge in [0.05, 0.1) is 0 Å². The predicted molar refractivity (Wildman–Crippen MR) is 78.4 cm³/mol. The standard InChI is InChI=1S/C13H12O7S2/c14-12(10-5-2-1-3-6-10)11-7-4-8-13(9-11,21(15,16)17)22(18,19)20/h1-6,8-9H,7H2,(H,15,16,17)(H,18,19,20). The fraction of sp³-hybridized carbons (Fsp3) is 0.154. The number of benzene rings is 1. The van der Waals surface area contributed by atoms with Crippen molar-refractivity contribution in [1.29, 1.82) is 0 Å². The van der Waals surface area contributed by atoms with E-state index in [1.165, 1.54) is 12.1 Å². The van der Waals surface area contributed by atoms with Gasteiger partial charge in [0.25, 0.3) is 24.3 Å². The van der Waals surface area contributed by atoms with Gasteiger partial charge < -0.3 is 0 Å². The van der Waals surface area contributed by atoms with Gasteiger partial charge in [0.2, 0.25) is 0 Å². The van der Waals surface area contributed by atoms with E-state index in [1.807, 2.05) is 0 Å². The quantitative estimate of drug-likeness (QED) is 0.478. The number of hydrogen-bond donors (Lipinski definition) is 2. The van der Waals surface area contributed by atoms with E-state index in [0.29, 0.717) is 12.2 Å². The van der Waals surface area contributed by atoms with Crippen molar-refractivity contribution in [1.82, 2.24) is 0 Å². The van der Waals surface area contributed by atoms with Crippen molar-refractivity contribution in [3.8, 4) is 0 Å². The number of carbonyl (C=O) groups is 1. The van der Waals surface area contributed by atoms with Crippen LogP contribution in [0.25, 0.3) is 0 Å². The maximum Gasteiger partial charge on any atom is 0.295 e. The average Bonchev–Trinajstić information content (AvgIpc) is 2.45. The lowest BCUT2D eigenvalue weighted by atomic mass is 9.96. The third-order valence-electron chi connectivity index (χ3n) is 3.20. The lowest BCUT2D eigenvalue weighted by Gasteiger charge is -2.24. The first kappa shape index (κ1) is 16.6. The summed E-state index contributed by atoms with van der Waals surface area (Å²) in [5.74, 6) is -0.596. The smallest absolute Gasteiger partial charge is 0.289 e. The molecule has 0 heterocycles. The summed E-state index contributed by atoms with van der Waals surface area (Å²) in [4.78, 5) is 12.3. The minimum atomic E-state index is -5.25. The lowest BCUT2D eigenvalue weighted by molar-refractivity contribution is 0.103. The molecule has 0 amide bonds. The Morgan fingerprint density at radius 2 is 1.55 bits per heavy atom. The number of hydrogen-bond acceptors (Lipinski definition) is 5. The molecule has 0 spiro atoms. The molecule has 0 bridgehead atoms. The van der Waals surface area contributed by atoms with E-state index in [0.717, 1.165) is 6.08 Å². The highest BCUT2D eigenvalue weighted by Crippen LogP contribution is 2.33. The van der Waals surface area contributed by atoms with Crippen LogP contribution in [0.15, 0.2) is 54.1 Å². The molecule has 1 aromatic rings. The highest BCUT2D eigenvalue weighted by Gasteiger charge is 2.52. The van der Waals surface area contributed by atoms with Gasteiger partial charge >= 0.3 is 0 Å². The Labute approximate surface area is 127 Å². The second-order valence-corrected chi connectivity index (χ2v) is 8.15. The van der Waals surface area contributed by atoms with Crippen molar-refractivity contribution in [2.24, 2.45) is 0 Å². The largest absolute Gasteiger partial charge is 0.295 e. The Bertz CT molecular complexity index is 830. The predicted octanol–water partition coefficient (Wildman–Crippen LogP) is 1.23. The third-order valence-corrected chi connectivity index (χ3v) is 6.58. The maximum absolute atomic E-state index is 12.3. The maximum atomic E-state index is 12.3. The molecule has 2 rings (SSSR count). The van der Waals surface area contributed by atoms with Crippen molar-refractivity contribution in [2.45, 2.75) is 10.5 Å². The molecule has 1 aromatic carbocycles. The SMILES string of the molecule is O=C(C1=CC(S(=O)(=O)O)(S(=O)(=O)O)C=CC1)c1ccccc1. The van der Waals surface area contributed by atoms with Gasteiger partial charge in [-0.05, 0) is 18.6 Å². The van der Waals surface area contributed by atoms with Crippen LogP contribution in [0, 0.1) is 0 Å². The first-order valence-corrected chi connectivity index (χ1v) is 8.90. The van der Waals surface area contributed by atoms with Crippen molar-refractivity contribution >= 4 is 26.0 Å². The number of Topliss-reactive ketones (excluding diaryl/α,β-unsaturated/α-hetero) is 1. The molecule has 1 aliphatic rings. The molecular weight excluding hydrogens is 332 g/mol. The lowest BCUT2D eigenvalue weighted by Crippen LogP contribution is -2.44. The molecule has 0 atom stereocenters. The Balaban J connectivity index is 2.62. The van der Waals surface area contributed by atoms with Crippen LogP contribution in [0.4, 0.5) is 0 Å². The Morgan fingerprint density at radius 3 is 2.05 bits per heavy atom. The highest BCUT2D eigenvalue weighted by molar-refractivity contribution is 8.05. The molecule has 0 unspecified atom stereocenters. The van der Waals surface area contributed by atoms with Crippen molar-refractivity contribution in [3.05, 3.63) is 59.7 Å². The summed E-state index contributed by atoms with van der Waals surface area (Å²) in [6.07, 6.45) is 2.27. The average molecular weight is 344 g/mol. The number of allylic oxidation sites excluding steroid dienone is 2. The second kappa shape index (κ2) is 5.43. The van der Waals surface area contributed by atoms with Gasteiger partial charge in [-0.25, -0.2) is 0 Å². The van der Waals surface area contributed by atoms with E-state index in [2.05, 4.69) is 0 Å². The molecule has 0 saturated heterocycles. The van der Waals surface area contributed by atoms with E-state index in [4.69, 9.17) is 0 Å². The summed E-state index contributed by atoms with van der Waals surface area (Å²) in [6, 6.07) is 7.80. The summed E-state index contributed by atoms with van der Waals surface area (Å²) < 4.78 is 61.3. The van der Waals surface area contributed by atoms with Crippen LogP contribution in [0.2, 0.25) is 0 Å². The summed E-state index contributed by atoms with van der Waals surface area (Å²) >= 11 is 0. The van der Waals surface area contributed by atoms with Crippen LogP contribution < -0.4 is 0 Å². The fourth-order valence-electron chi connectivity index (χ4n) is 2.09. The number of ketones is 1. The van der Waals surface area contributed by atoms with E-state index in [-0.39, 0.29) is 17.6 Å². The van der Waals surface area contributed by atoms with E-state index in [9.17, 15) is 30.7 Å². The number of carbonyl (C=O) groups excluding carboxylic acids is 1. The fourth-order valence-corrected chi connectivity index (χ4v) is 4.27. The summed E-state index contributed by atoms with van der Waals surface area (Å²) in [5, 5.41) is 0. The summed E-state index contributed by atoms with van der Waals surface area (Å²) in [6.45, 7) is 0. The molecule has 2 N–H and O–H groups in total. The van der Waals surface area contributed by atoms with Crippen molar-refractivity contribution in [3.63, 3.8) is 0 Å². The zero-order chi connectivity index (χ0) is 16.6. The summed E-state index contributed by atoms with van der Waals surface area (Å²) in [5.41, 5.74) is 0.0626. The third kappa shape index (κ3) is 2.75. The van der Waals surface area contributed by atoms with Gasteiger partial charge in [0.15, 0.2) is 5.78 Å². The van der Waals surface area contributed by atoms with Gasteiger partial charge in [-0.1, -0.05) is 36.4 Å². The zero-order valence-corrected chi connectivity index (χ0v) is 12.7. The molecule has 1 aliphatic carbocycles. The Hall–Kier alpha value is -1.81. The topological polar surface area (TPSA) is 126 Å².